The molecule has 1 saturated carbocycles. The van der Waals surface area contributed by atoms with Crippen LogP contribution in [0.4, 0.5) is 0 Å². The summed E-state index contributed by atoms with van der Waals surface area (Å²) >= 11 is 0. The van der Waals surface area contributed by atoms with Crippen molar-refractivity contribution in [3.8, 4) is 16.9 Å². The molecule has 1 heterocycles. The molecule has 32 heavy (non-hydrogen) atoms. The summed E-state index contributed by atoms with van der Waals surface area (Å²) in [5, 5.41) is 10.2. The van der Waals surface area contributed by atoms with E-state index in [1.807, 2.05) is 6.07 Å². The number of benzene rings is 2. The highest BCUT2D eigenvalue weighted by atomic mass is 16.5. The van der Waals surface area contributed by atoms with Gasteiger partial charge in [0, 0.05) is 13.2 Å². The van der Waals surface area contributed by atoms with Crippen LogP contribution in [0.5, 0.6) is 5.75 Å². The van der Waals surface area contributed by atoms with Crippen LogP contribution in [0, 0.1) is 13.8 Å². The minimum absolute atomic E-state index is 0.289. The first-order valence-corrected chi connectivity index (χ1v) is 11.7. The number of carbonyl (C=O) groups is 1. The summed E-state index contributed by atoms with van der Waals surface area (Å²) in [4.78, 5) is 12.4. The van der Waals surface area contributed by atoms with Crippen molar-refractivity contribution in [1.29, 1.82) is 0 Å². The molecule has 1 aliphatic carbocycles. The van der Waals surface area contributed by atoms with Crippen LogP contribution < -0.4 is 4.74 Å². The van der Waals surface area contributed by atoms with Crippen LogP contribution in [0.25, 0.3) is 11.1 Å². The van der Waals surface area contributed by atoms with Gasteiger partial charge in [-0.1, -0.05) is 37.1 Å². The molecule has 2 aromatic rings. The Kier molecular flexibility index (Phi) is 6.87. The molecule has 4 rings (SSSR count). The topological polar surface area (TPSA) is 65.0 Å². The lowest BCUT2D eigenvalue weighted by atomic mass is 9.73. The molecule has 0 radical (unpaired) electrons. The maximum absolute atomic E-state index is 12.4. The van der Waals surface area contributed by atoms with Gasteiger partial charge in [0.25, 0.3) is 0 Å². The van der Waals surface area contributed by atoms with Gasteiger partial charge in [0.2, 0.25) is 0 Å². The van der Waals surface area contributed by atoms with Crippen molar-refractivity contribution in [2.75, 3.05) is 20.3 Å². The summed E-state index contributed by atoms with van der Waals surface area (Å²) in [5.41, 5.74) is 5.41. The zero-order valence-electron chi connectivity index (χ0n) is 19.4. The predicted octanol–water partition coefficient (Wildman–Crippen LogP) is 5.57. The van der Waals surface area contributed by atoms with E-state index >= 15 is 0 Å². The van der Waals surface area contributed by atoms with Crippen LogP contribution in [-0.2, 0) is 26.3 Å². The molecule has 5 heteroatoms. The van der Waals surface area contributed by atoms with E-state index in [1.165, 1.54) is 12.8 Å². The first kappa shape index (κ1) is 22.8. The van der Waals surface area contributed by atoms with Crippen molar-refractivity contribution >= 4 is 5.97 Å². The van der Waals surface area contributed by atoms with E-state index in [0.717, 1.165) is 52.0 Å². The largest absolute Gasteiger partial charge is 0.496 e. The van der Waals surface area contributed by atoms with E-state index < -0.39 is 11.4 Å². The van der Waals surface area contributed by atoms with E-state index in [9.17, 15) is 9.90 Å². The molecule has 0 spiro atoms. The van der Waals surface area contributed by atoms with Crippen LogP contribution in [0.3, 0.4) is 0 Å². The smallest absolute Gasteiger partial charge is 0.314 e. The Labute approximate surface area is 190 Å². The van der Waals surface area contributed by atoms with E-state index in [0.29, 0.717) is 32.7 Å². The van der Waals surface area contributed by atoms with Gasteiger partial charge in [-0.05, 0) is 79.0 Å². The molecule has 0 unspecified atom stereocenters. The standard InChI is InChI=1S/C27H34O5/c1-18-14-20(16-25(30-3)19(18)2)24-9-8-22(27(26(28)29)10-12-31-13-11-27)15-21(24)17-32-23-6-4-5-7-23/h8-9,14-16,23H,4-7,10-13,17H2,1-3H3,(H,28,29). The maximum atomic E-state index is 12.4. The van der Waals surface area contributed by atoms with Crippen LogP contribution in [-0.4, -0.2) is 37.5 Å². The van der Waals surface area contributed by atoms with Crippen LogP contribution in [0.1, 0.15) is 60.8 Å². The molecule has 5 nitrogen and oxygen atoms in total. The van der Waals surface area contributed by atoms with Gasteiger partial charge in [-0.3, -0.25) is 4.79 Å². The Bertz CT molecular complexity index is 968. The fourth-order valence-corrected chi connectivity index (χ4v) is 5.10. The van der Waals surface area contributed by atoms with E-state index in [1.54, 1.807) is 7.11 Å². The lowest BCUT2D eigenvalue weighted by Crippen LogP contribution is -2.41. The highest BCUT2D eigenvalue weighted by molar-refractivity contribution is 5.82. The number of ether oxygens (including phenoxy) is 3. The van der Waals surface area contributed by atoms with E-state index in [4.69, 9.17) is 14.2 Å². The second-order valence-electron chi connectivity index (χ2n) is 9.21. The van der Waals surface area contributed by atoms with Gasteiger partial charge in [-0.15, -0.1) is 0 Å². The van der Waals surface area contributed by atoms with Crippen LogP contribution in [0.15, 0.2) is 30.3 Å². The SMILES string of the molecule is COc1cc(-c2ccc(C3(C(=O)O)CCOCC3)cc2COC2CCCC2)cc(C)c1C. The number of carboxylic acid groups (broad SMARTS) is 1. The lowest BCUT2D eigenvalue weighted by Gasteiger charge is -2.34. The monoisotopic (exact) mass is 438 g/mol. The summed E-state index contributed by atoms with van der Waals surface area (Å²) in [6.45, 7) is 5.57. The summed E-state index contributed by atoms with van der Waals surface area (Å²) in [6, 6.07) is 10.3. The third-order valence-electron chi connectivity index (χ3n) is 7.34. The van der Waals surface area contributed by atoms with Crippen molar-refractivity contribution in [1.82, 2.24) is 0 Å². The molecule has 0 aromatic heterocycles. The molecule has 0 atom stereocenters. The summed E-state index contributed by atoms with van der Waals surface area (Å²) in [7, 11) is 1.69. The van der Waals surface area contributed by atoms with Gasteiger partial charge >= 0.3 is 5.97 Å². The third-order valence-corrected chi connectivity index (χ3v) is 7.34. The molecular formula is C27H34O5. The number of carboxylic acids is 1. The van der Waals surface area contributed by atoms with Crippen molar-refractivity contribution < 1.29 is 24.1 Å². The lowest BCUT2D eigenvalue weighted by molar-refractivity contribution is -0.147. The van der Waals surface area contributed by atoms with Crippen molar-refractivity contribution in [2.45, 2.75) is 70.5 Å². The minimum atomic E-state index is -0.903. The minimum Gasteiger partial charge on any atom is -0.496 e. The maximum Gasteiger partial charge on any atom is 0.314 e. The number of hydrogen-bond acceptors (Lipinski definition) is 4. The molecule has 2 aromatic carbocycles. The zero-order valence-corrected chi connectivity index (χ0v) is 19.4. The van der Waals surface area contributed by atoms with Gasteiger partial charge in [0.15, 0.2) is 0 Å². The average molecular weight is 439 g/mol. The quantitative estimate of drug-likeness (QED) is 0.612. The molecule has 0 amide bonds. The number of methoxy groups -OCH3 is 1. The number of aliphatic carboxylic acids is 1. The van der Waals surface area contributed by atoms with Crippen molar-refractivity contribution in [2.24, 2.45) is 0 Å². The third kappa shape index (κ3) is 4.41. The second kappa shape index (κ2) is 9.63. The fourth-order valence-electron chi connectivity index (χ4n) is 5.10. The van der Waals surface area contributed by atoms with Crippen LogP contribution in [0.2, 0.25) is 0 Å². The molecule has 2 aliphatic rings. The fraction of sp³-hybridized carbons (Fsp3) is 0.519. The summed E-state index contributed by atoms with van der Waals surface area (Å²) in [5.74, 6) is 0.0854. The summed E-state index contributed by atoms with van der Waals surface area (Å²) in [6.07, 6.45) is 5.90. The number of hydrogen-bond donors (Lipinski definition) is 1. The molecule has 2 fully saturated rings. The van der Waals surface area contributed by atoms with E-state index in [-0.39, 0.29) is 6.10 Å². The predicted molar refractivity (Wildman–Crippen MR) is 124 cm³/mol. The van der Waals surface area contributed by atoms with Gasteiger partial charge in [0.05, 0.1) is 25.2 Å². The molecule has 1 aliphatic heterocycles. The van der Waals surface area contributed by atoms with Gasteiger partial charge in [0.1, 0.15) is 5.75 Å². The Balaban J connectivity index is 1.77. The first-order chi connectivity index (χ1) is 15.4. The Hall–Kier alpha value is -2.37. The Morgan fingerprint density at radius 3 is 2.50 bits per heavy atom. The van der Waals surface area contributed by atoms with E-state index in [2.05, 4.69) is 38.1 Å². The Morgan fingerprint density at radius 1 is 1.12 bits per heavy atom. The van der Waals surface area contributed by atoms with Crippen molar-refractivity contribution in [3.63, 3.8) is 0 Å². The normalized spacial score (nSPS) is 18.6. The molecule has 1 N–H and O–H groups in total. The van der Waals surface area contributed by atoms with Gasteiger partial charge in [-0.25, -0.2) is 0 Å². The number of aryl methyl sites for hydroxylation is 1. The number of rotatable bonds is 7. The average Bonchev–Trinajstić information content (AvgIpc) is 3.33. The highest BCUT2D eigenvalue weighted by Gasteiger charge is 2.42. The van der Waals surface area contributed by atoms with Crippen molar-refractivity contribution in [3.05, 3.63) is 52.6 Å². The highest BCUT2D eigenvalue weighted by Crippen LogP contribution is 2.39. The summed E-state index contributed by atoms with van der Waals surface area (Å²) < 4.78 is 17.4. The second-order valence-corrected chi connectivity index (χ2v) is 9.21. The van der Waals surface area contributed by atoms with Crippen LogP contribution >= 0.6 is 0 Å². The Morgan fingerprint density at radius 2 is 1.84 bits per heavy atom. The molecule has 1 saturated heterocycles. The molecule has 172 valence electrons. The first-order valence-electron chi connectivity index (χ1n) is 11.7. The molecule has 0 bridgehead atoms. The molecular weight excluding hydrogens is 404 g/mol. The van der Waals surface area contributed by atoms with Gasteiger partial charge < -0.3 is 19.3 Å². The zero-order chi connectivity index (χ0) is 22.7. The van der Waals surface area contributed by atoms with Gasteiger partial charge in [-0.2, -0.15) is 0 Å².